The van der Waals surface area contributed by atoms with Crippen molar-refractivity contribution in [2.24, 2.45) is 0 Å². The van der Waals surface area contributed by atoms with Crippen LogP contribution in [0.15, 0.2) is 79.4 Å². The van der Waals surface area contributed by atoms with Gasteiger partial charge in [0, 0.05) is 22.2 Å². The van der Waals surface area contributed by atoms with E-state index in [-0.39, 0.29) is 18.0 Å². The van der Waals surface area contributed by atoms with E-state index in [0.717, 1.165) is 34.0 Å². The number of rotatable bonds is 8. The Morgan fingerprint density at radius 1 is 1.09 bits per heavy atom. The van der Waals surface area contributed by atoms with E-state index in [1.54, 1.807) is 24.5 Å². The Kier molecular flexibility index (Phi) is 6.26. The van der Waals surface area contributed by atoms with E-state index in [9.17, 15) is 9.18 Å². The summed E-state index contributed by atoms with van der Waals surface area (Å²) in [7, 11) is 0. The molecular formula is C27H23FN6O. The molecule has 5 aromatic rings. The molecule has 3 aromatic heterocycles. The molecule has 7 nitrogen and oxygen atoms in total. The minimum Gasteiger partial charge on any atom is -0.340 e. The molecule has 0 fully saturated rings. The number of halogens is 1. The number of allylic oxidation sites excluding steroid dienone is 2. The van der Waals surface area contributed by atoms with Crippen LogP contribution in [0.1, 0.15) is 24.6 Å². The van der Waals surface area contributed by atoms with Gasteiger partial charge in [-0.05, 0) is 54.5 Å². The van der Waals surface area contributed by atoms with Crippen molar-refractivity contribution in [2.45, 2.75) is 26.3 Å². The Hall–Kier alpha value is -4.46. The van der Waals surface area contributed by atoms with Gasteiger partial charge in [0.1, 0.15) is 18.0 Å². The highest BCUT2D eigenvalue weighted by Gasteiger charge is 2.10. The third-order valence-corrected chi connectivity index (χ3v) is 5.60. The molecule has 0 spiro atoms. The number of aromatic nitrogens is 5. The standard InChI is InChI=1S/C27H23FN6O/c1-2-3-7-23(35)12-22-13-24-25(15-29-22)30-17-31-27(24)33-21-8-9-26-19(11-21)14-32-34(26)16-18-5-4-6-20(28)10-18/h3-11,13-15,17H,2,12,16H2,1H3,(H,30,31,33)/b7-3+. The summed E-state index contributed by atoms with van der Waals surface area (Å²) in [6.45, 7) is 2.46. The van der Waals surface area contributed by atoms with Crippen molar-refractivity contribution in [2.75, 3.05) is 5.32 Å². The third kappa shape index (κ3) is 5.06. The van der Waals surface area contributed by atoms with Crippen molar-refractivity contribution in [3.8, 4) is 0 Å². The lowest BCUT2D eigenvalue weighted by atomic mass is 10.1. The maximum absolute atomic E-state index is 13.5. The molecular weight excluding hydrogens is 443 g/mol. The van der Waals surface area contributed by atoms with Crippen molar-refractivity contribution in [3.63, 3.8) is 0 Å². The zero-order valence-electron chi connectivity index (χ0n) is 19.1. The highest BCUT2D eigenvalue weighted by atomic mass is 19.1. The van der Waals surface area contributed by atoms with Crippen LogP contribution in [0.5, 0.6) is 0 Å². The molecule has 35 heavy (non-hydrogen) atoms. The average molecular weight is 467 g/mol. The van der Waals surface area contributed by atoms with Gasteiger partial charge in [0.25, 0.3) is 0 Å². The molecule has 3 heterocycles. The van der Waals surface area contributed by atoms with Gasteiger partial charge in [0.05, 0.1) is 36.4 Å². The Balaban J connectivity index is 1.40. The normalized spacial score (nSPS) is 11.5. The number of benzene rings is 2. The van der Waals surface area contributed by atoms with Gasteiger partial charge in [-0.15, -0.1) is 0 Å². The van der Waals surface area contributed by atoms with Crippen LogP contribution in [-0.2, 0) is 17.8 Å². The molecule has 0 atom stereocenters. The van der Waals surface area contributed by atoms with Crippen LogP contribution in [0.2, 0.25) is 0 Å². The third-order valence-electron chi connectivity index (χ3n) is 5.60. The summed E-state index contributed by atoms with van der Waals surface area (Å²) in [5, 5.41) is 9.56. The van der Waals surface area contributed by atoms with Crippen molar-refractivity contribution < 1.29 is 9.18 Å². The summed E-state index contributed by atoms with van der Waals surface area (Å²) in [5.41, 5.74) is 3.97. The number of nitrogens with zero attached hydrogens (tertiary/aromatic N) is 5. The zero-order chi connectivity index (χ0) is 24.2. The second-order valence-electron chi connectivity index (χ2n) is 8.20. The fraction of sp³-hybridized carbons (Fsp3) is 0.148. The molecule has 5 rings (SSSR count). The lowest BCUT2D eigenvalue weighted by Crippen LogP contribution is -2.03. The van der Waals surface area contributed by atoms with Gasteiger partial charge in [-0.3, -0.25) is 14.5 Å². The number of ketones is 1. The number of hydrogen-bond acceptors (Lipinski definition) is 6. The van der Waals surface area contributed by atoms with E-state index in [4.69, 9.17) is 0 Å². The van der Waals surface area contributed by atoms with Crippen LogP contribution in [-0.4, -0.2) is 30.5 Å². The Bertz CT molecular complexity index is 1560. The van der Waals surface area contributed by atoms with Crippen LogP contribution in [0.4, 0.5) is 15.9 Å². The van der Waals surface area contributed by atoms with Crippen molar-refractivity contribution in [1.29, 1.82) is 0 Å². The molecule has 0 saturated carbocycles. The number of fused-ring (bicyclic) bond motifs is 2. The van der Waals surface area contributed by atoms with E-state index < -0.39 is 0 Å². The predicted octanol–water partition coefficient (Wildman–Crippen LogP) is 5.38. The second-order valence-corrected chi connectivity index (χ2v) is 8.20. The lowest BCUT2D eigenvalue weighted by molar-refractivity contribution is -0.114. The van der Waals surface area contributed by atoms with Gasteiger partial charge >= 0.3 is 0 Å². The molecule has 0 unspecified atom stereocenters. The topological polar surface area (TPSA) is 85.6 Å². The van der Waals surface area contributed by atoms with Gasteiger partial charge in [-0.1, -0.05) is 25.1 Å². The molecule has 0 aliphatic carbocycles. The zero-order valence-corrected chi connectivity index (χ0v) is 19.1. The molecule has 1 N–H and O–H groups in total. The predicted molar refractivity (Wildman–Crippen MR) is 134 cm³/mol. The molecule has 0 aliphatic rings. The van der Waals surface area contributed by atoms with Crippen molar-refractivity contribution in [1.82, 2.24) is 24.7 Å². The van der Waals surface area contributed by atoms with Crippen molar-refractivity contribution >= 4 is 39.1 Å². The summed E-state index contributed by atoms with van der Waals surface area (Å²) in [4.78, 5) is 25.2. The van der Waals surface area contributed by atoms with E-state index in [0.29, 0.717) is 23.6 Å². The molecule has 174 valence electrons. The molecule has 0 bridgehead atoms. The first-order valence-corrected chi connectivity index (χ1v) is 11.3. The highest BCUT2D eigenvalue weighted by Crippen LogP contribution is 2.26. The summed E-state index contributed by atoms with van der Waals surface area (Å²) in [6.07, 6.45) is 9.40. The smallest absolute Gasteiger partial charge is 0.161 e. The minimum atomic E-state index is -0.261. The molecule has 2 aromatic carbocycles. The maximum atomic E-state index is 13.5. The molecule has 0 amide bonds. The fourth-order valence-corrected chi connectivity index (χ4v) is 3.92. The average Bonchev–Trinajstić information content (AvgIpc) is 3.25. The quantitative estimate of drug-likeness (QED) is 0.309. The first kappa shape index (κ1) is 22.3. The van der Waals surface area contributed by atoms with Gasteiger partial charge in [0.2, 0.25) is 0 Å². The van der Waals surface area contributed by atoms with Gasteiger partial charge in [-0.25, -0.2) is 14.4 Å². The minimum absolute atomic E-state index is 0.00534. The maximum Gasteiger partial charge on any atom is 0.161 e. The Labute approximate surface area is 201 Å². The second kappa shape index (κ2) is 9.80. The van der Waals surface area contributed by atoms with E-state index in [2.05, 4.69) is 25.4 Å². The van der Waals surface area contributed by atoms with Crippen molar-refractivity contribution in [3.05, 3.63) is 96.5 Å². The highest BCUT2D eigenvalue weighted by molar-refractivity contribution is 5.94. The Morgan fingerprint density at radius 3 is 2.86 bits per heavy atom. The number of anilines is 2. The number of pyridine rings is 1. The monoisotopic (exact) mass is 466 g/mol. The summed E-state index contributed by atoms with van der Waals surface area (Å²) < 4.78 is 15.4. The molecule has 8 heteroatoms. The van der Waals surface area contributed by atoms with E-state index in [1.807, 2.05) is 48.0 Å². The molecule has 0 saturated heterocycles. The number of nitrogens with one attached hydrogen (secondary N) is 1. The Morgan fingerprint density at radius 2 is 2.00 bits per heavy atom. The lowest BCUT2D eigenvalue weighted by Gasteiger charge is -2.10. The van der Waals surface area contributed by atoms with Crippen LogP contribution < -0.4 is 5.32 Å². The van der Waals surface area contributed by atoms with Crippen LogP contribution >= 0.6 is 0 Å². The van der Waals surface area contributed by atoms with Crippen LogP contribution in [0.25, 0.3) is 21.8 Å². The SMILES string of the molecule is CC/C=C/C(=O)Cc1cc2c(Nc3ccc4c(cnn4Cc4cccc(F)c4)c3)ncnc2cn1. The summed E-state index contributed by atoms with van der Waals surface area (Å²) in [6, 6.07) is 14.3. The molecule has 0 radical (unpaired) electrons. The first-order chi connectivity index (χ1) is 17.1. The summed E-state index contributed by atoms with van der Waals surface area (Å²) >= 11 is 0. The number of hydrogen-bond donors (Lipinski definition) is 1. The molecule has 0 aliphatic heterocycles. The largest absolute Gasteiger partial charge is 0.340 e. The van der Waals surface area contributed by atoms with Gasteiger partial charge in [0.15, 0.2) is 5.78 Å². The van der Waals surface area contributed by atoms with Crippen LogP contribution in [0, 0.1) is 5.82 Å². The first-order valence-electron chi connectivity index (χ1n) is 11.3. The van der Waals surface area contributed by atoms with Gasteiger partial charge in [-0.2, -0.15) is 5.10 Å². The van der Waals surface area contributed by atoms with E-state index in [1.165, 1.54) is 18.5 Å². The van der Waals surface area contributed by atoms with E-state index >= 15 is 0 Å². The number of carbonyl (C=O) groups is 1. The van der Waals surface area contributed by atoms with Gasteiger partial charge < -0.3 is 5.32 Å². The summed E-state index contributed by atoms with van der Waals surface area (Å²) in [5.74, 6) is 0.370. The fourth-order valence-electron chi connectivity index (χ4n) is 3.92. The van der Waals surface area contributed by atoms with Crippen LogP contribution in [0.3, 0.4) is 0 Å². The number of carbonyl (C=O) groups excluding carboxylic acids is 1.